The molecule has 3 heteroatoms. The van der Waals surface area contributed by atoms with Crippen molar-refractivity contribution >= 4 is 0 Å². The molecule has 2 fully saturated rings. The van der Waals surface area contributed by atoms with Crippen molar-refractivity contribution in [3.63, 3.8) is 0 Å². The summed E-state index contributed by atoms with van der Waals surface area (Å²) < 4.78 is 0. The summed E-state index contributed by atoms with van der Waals surface area (Å²) in [6.07, 6.45) is 12.6. The number of fused-ring (bicyclic) bond motifs is 1. The molecule has 0 aromatic carbocycles. The van der Waals surface area contributed by atoms with Crippen LogP contribution in [0.1, 0.15) is 127 Å². The summed E-state index contributed by atoms with van der Waals surface area (Å²) in [5.41, 5.74) is 0. The molecule has 2 saturated heterocycles. The molecule has 0 N–H and O–H groups in total. The van der Waals surface area contributed by atoms with E-state index in [1.807, 2.05) is 27.7 Å². The second-order valence-corrected chi connectivity index (χ2v) is 8.29. The van der Waals surface area contributed by atoms with Gasteiger partial charge in [-0.25, -0.2) is 0 Å². The highest BCUT2D eigenvalue weighted by molar-refractivity contribution is 4.80. The van der Waals surface area contributed by atoms with Gasteiger partial charge in [0.05, 0.1) is 0 Å². The first-order valence-corrected chi connectivity index (χ1v) is 13.9. The second-order valence-electron chi connectivity index (χ2n) is 8.29. The molecule has 0 bridgehead atoms. The molecule has 0 aliphatic carbocycles. The number of nitrogens with zero attached hydrogens (tertiary/aromatic N) is 3. The van der Waals surface area contributed by atoms with Gasteiger partial charge >= 0.3 is 0 Å². The topological polar surface area (TPSA) is 9.72 Å². The van der Waals surface area contributed by atoms with E-state index in [1.165, 1.54) is 77.4 Å². The Balaban J connectivity index is -0.0000000944. The summed E-state index contributed by atoms with van der Waals surface area (Å²) in [7, 11) is 8.28. The molecule has 0 spiro atoms. The van der Waals surface area contributed by atoms with Crippen LogP contribution in [-0.2, 0) is 0 Å². The van der Waals surface area contributed by atoms with Crippen molar-refractivity contribution in [2.24, 2.45) is 0 Å². The van der Waals surface area contributed by atoms with Gasteiger partial charge in [-0.2, -0.15) is 0 Å². The van der Waals surface area contributed by atoms with Gasteiger partial charge in [0, 0.05) is 6.04 Å². The summed E-state index contributed by atoms with van der Waals surface area (Å²) in [6, 6.07) is 0.988. The van der Waals surface area contributed by atoms with Crippen LogP contribution in [0.15, 0.2) is 0 Å². The van der Waals surface area contributed by atoms with Crippen molar-refractivity contribution in [1.29, 1.82) is 0 Å². The minimum atomic E-state index is 0.988. The summed E-state index contributed by atoms with van der Waals surface area (Å²) in [4.78, 5) is 7.01. The monoisotopic (exact) mass is 448 g/mol. The molecule has 31 heavy (non-hydrogen) atoms. The Hall–Kier alpha value is -0.120. The van der Waals surface area contributed by atoms with Crippen LogP contribution in [-0.4, -0.2) is 75.1 Å². The molecule has 0 atom stereocenters. The largest absolute Gasteiger partial charge is 0.310 e. The second kappa shape index (κ2) is 40.3. The molecule has 2 aliphatic heterocycles. The zero-order chi connectivity index (χ0) is 25.5. The van der Waals surface area contributed by atoms with Crippen LogP contribution in [0, 0.1) is 0 Å². The van der Waals surface area contributed by atoms with Gasteiger partial charge in [0.15, 0.2) is 0 Å². The Morgan fingerprint density at radius 2 is 0.935 bits per heavy atom. The van der Waals surface area contributed by atoms with Crippen molar-refractivity contribution in [3.05, 3.63) is 0 Å². The fraction of sp³-hybridized carbons (Fsp3) is 1.00. The summed E-state index contributed by atoms with van der Waals surface area (Å²) in [5.74, 6) is 0. The normalized spacial score (nSPS) is 14.7. The van der Waals surface area contributed by atoms with E-state index in [-0.39, 0.29) is 0 Å². The van der Waals surface area contributed by atoms with E-state index in [9.17, 15) is 0 Å². The number of hydrogen-bond acceptors (Lipinski definition) is 3. The van der Waals surface area contributed by atoms with Crippen molar-refractivity contribution in [2.75, 3.05) is 54.4 Å². The van der Waals surface area contributed by atoms with Crippen molar-refractivity contribution in [2.45, 2.75) is 133 Å². The van der Waals surface area contributed by atoms with Gasteiger partial charge in [0.25, 0.3) is 0 Å². The molecular formula is C28H69N3. The Labute approximate surface area is 202 Å². The van der Waals surface area contributed by atoms with Crippen LogP contribution >= 0.6 is 0 Å². The van der Waals surface area contributed by atoms with Gasteiger partial charge in [-0.3, -0.25) is 0 Å². The Morgan fingerprint density at radius 1 is 0.613 bits per heavy atom. The van der Waals surface area contributed by atoms with Crippen LogP contribution in [0.3, 0.4) is 0 Å². The number of piperidine rings is 2. The third-order valence-corrected chi connectivity index (χ3v) is 4.29. The molecule has 3 nitrogen and oxygen atoms in total. The molecule has 2 heterocycles. The lowest BCUT2D eigenvalue weighted by molar-refractivity contribution is 0.109. The predicted molar refractivity (Wildman–Crippen MR) is 151 cm³/mol. The van der Waals surface area contributed by atoms with Crippen LogP contribution in [0.2, 0.25) is 0 Å². The maximum atomic E-state index is 2.70. The smallest absolute Gasteiger partial charge is 0.00952 e. The lowest BCUT2D eigenvalue weighted by Crippen LogP contribution is -2.42. The zero-order valence-corrected chi connectivity index (χ0v) is 25.1. The van der Waals surface area contributed by atoms with Gasteiger partial charge < -0.3 is 14.7 Å². The standard InChI is InChI=1S/C9H17N.C5H13N.C4H11N.2C3H8.2C2H6/c1-3-7-10-8-4-2-6-9(10)5-1;1-4-5-6(2)3;1-4-5(2)3;2*1-3-2;2*1-2/h9H,1-8H2;4-5H2,1-3H3;4H2,1-3H3;2*3H2,1-2H3;2*1-2H3. The lowest BCUT2D eigenvalue weighted by Gasteiger charge is -2.39. The van der Waals surface area contributed by atoms with Crippen molar-refractivity contribution < 1.29 is 0 Å². The van der Waals surface area contributed by atoms with E-state index in [1.54, 1.807) is 0 Å². The number of rotatable bonds is 3. The predicted octanol–water partition coefficient (Wildman–Crippen LogP) is 8.44. The first-order chi connectivity index (χ1) is 14.8. The average molecular weight is 448 g/mol. The molecule has 0 unspecified atom stereocenters. The molecular weight excluding hydrogens is 378 g/mol. The minimum Gasteiger partial charge on any atom is -0.310 e. The summed E-state index contributed by atoms with van der Waals surface area (Å²) >= 11 is 0. The maximum Gasteiger partial charge on any atom is 0.00952 e. The highest BCUT2D eigenvalue weighted by atomic mass is 15.2. The molecule has 0 aromatic rings. The van der Waals surface area contributed by atoms with Gasteiger partial charge in [-0.1, -0.05) is 94.9 Å². The number of hydrogen-bond donors (Lipinski definition) is 0. The lowest BCUT2D eigenvalue weighted by atomic mass is 9.93. The van der Waals surface area contributed by atoms with E-state index in [0.29, 0.717) is 0 Å². The van der Waals surface area contributed by atoms with Crippen LogP contribution in [0.4, 0.5) is 0 Å². The van der Waals surface area contributed by atoms with Crippen molar-refractivity contribution in [1.82, 2.24) is 14.7 Å². The zero-order valence-electron chi connectivity index (χ0n) is 25.1. The summed E-state index contributed by atoms with van der Waals surface area (Å²) in [5, 5.41) is 0. The van der Waals surface area contributed by atoms with E-state index in [0.717, 1.165) is 12.6 Å². The summed E-state index contributed by atoms with van der Waals surface area (Å²) in [6.45, 7) is 25.9. The van der Waals surface area contributed by atoms with Gasteiger partial charge in [0.1, 0.15) is 0 Å². The molecule has 0 aromatic heterocycles. The van der Waals surface area contributed by atoms with E-state index < -0.39 is 0 Å². The van der Waals surface area contributed by atoms with E-state index >= 15 is 0 Å². The minimum absolute atomic E-state index is 0.988. The van der Waals surface area contributed by atoms with Gasteiger partial charge in [-0.05, 0) is 86.5 Å². The molecule has 0 amide bonds. The third-order valence-electron chi connectivity index (χ3n) is 4.29. The van der Waals surface area contributed by atoms with Gasteiger partial charge in [0.2, 0.25) is 0 Å². The highest BCUT2D eigenvalue weighted by Gasteiger charge is 2.24. The molecule has 2 rings (SSSR count). The molecule has 196 valence electrons. The first-order valence-electron chi connectivity index (χ1n) is 13.9. The highest BCUT2D eigenvalue weighted by Crippen LogP contribution is 2.25. The maximum absolute atomic E-state index is 2.70. The molecule has 0 saturated carbocycles. The van der Waals surface area contributed by atoms with Crippen LogP contribution in [0.25, 0.3) is 0 Å². The first kappa shape index (κ1) is 41.2. The average Bonchev–Trinajstić information content (AvgIpc) is 2.78. The Morgan fingerprint density at radius 3 is 1.10 bits per heavy atom. The molecule has 0 radical (unpaired) electrons. The fourth-order valence-electron chi connectivity index (χ4n) is 2.82. The Kier molecular flexibility index (Phi) is 53.5. The van der Waals surface area contributed by atoms with E-state index in [2.05, 4.69) is 84.4 Å². The van der Waals surface area contributed by atoms with E-state index in [4.69, 9.17) is 0 Å². The van der Waals surface area contributed by atoms with Crippen LogP contribution in [0.5, 0.6) is 0 Å². The van der Waals surface area contributed by atoms with Crippen molar-refractivity contribution in [3.8, 4) is 0 Å². The Bertz CT molecular complexity index is 214. The molecule has 2 aliphatic rings. The third kappa shape index (κ3) is 44.4. The SMILES string of the molecule is C1CCN2CCCCC2C1.CC.CC.CCC.CCC.CCCN(C)C.CCN(C)C. The quantitative estimate of drug-likeness (QED) is 0.429. The fourth-order valence-corrected chi connectivity index (χ4v) is 2.82. The van der Waals surface area contributed by atoms with Crippen LogP contribution < -0.4 is 0 Å². The van der Waals surface area contributed by atoms with Gasteiger partial charge in [-0.15, -0.1) is 0 Å².